The lowest BCUT2D eigenvalue weighted by Crippen LogP contribution is -2.65. The van der Waals surface area contributed by atoms with Crippen LogP contribution in [0.1, 0.15) is 0 Å². The van der Waals surface area contributed by atoms with Crippen molar-refractivity contribution in [1.82, 2.24) is 0 Å². The van der Waals surface area contributed by atoms with Gasteiger partial charge in [0.2, 0.25) is 8.32 Å². The van der Waals surface area contributed by atoms with Gasteiger partial charge in [-0.25, -0.2) is 4.79 Å². The Morgan fingerprint density at radius 3 is 1.00 bits per heavy atom. The molecule has 0 aliphatic rings. The Bertz CT molecular complexity index is 1010. The summed E-state index contributed by atoms with van der Waals surface area (Å²) in [6.45, 7) is 36.0. The molecule has 0 aliphatic heterocycles. The molecule has 0 atom stereocenters. The first-order valence-electron chi connectivity index (χ1n) is 15.1. The van der Waals surface area contributed by atoms with E-state index in [1.165, 1.54) is 26.2 Å². The van der Waals surface area contributed by atoms with Gasteiger partial charge in [-0.05, 0) is 118 Å². The maximum Gasteiger partial charge on any atom is 0.649 e. The second kappa shape index (κ2) is 16.1. The van der Waals surface area contributed by atoms with E-state index in [-0.39, 0.29) is 6.23 Å². The lowest BCUT2D eigenvalue weighted by atomic mass is 10.7. The molecule has 46 heavy (non-hydrogen) atoms. The molecule has 274 valence electrons. The second-order valence-electron chi connectivity index (χ2n) is 15.3. The molecule has 0 saturated carbocycles. The van der Waals surface area contributed by atoms with Gasteiger partial charge in [-0.15, -0.1) is 0 Å². The summed E-state index contributed by atoms with van der Waals surface area (Å²) >= 11 is 0. The standard InChI is InChI=1S/C22H62O14Si10/c1-20-22(23)27-21-37(2,3)28-40(8,9)31-41(10,11)32-42(12,13)33-43(14,15)34-44(16,17)35-45(18,19)36-46(26,29-38(4,5)24)30-39(6,7)25/h20,24-26H,1,21H2,2-19H3. The Hall–Kier alpha value is 0.899. The quantitative estimate of drug-likeness (QED) is 0.0831. The molecule has 0 aromatic rings. The van der Waals surface area contributed by atoms with E-state index in [4.69, 9.17) is 41.8 Å². The van der Waals surface area contributed by atoms with Crippen molar-refractivity contribution in [3.8, 4) is 0 Å². The van der Waals surface area contributed by atoms with Crippen LogP contribution in [-0.4, -0.2) is 112 Å². The van der Waals surface area contributed by atoms with Crippen LogP contribution in [0, 0.1) is 0 Å². The van der Waals surface area contributed by atoms with Crippen molar-refractivity contribution in [3.05, 3.63) is 12.7 Å². The van der Waals surface area contributed by atoms with E-state index < -0.39 is 91.8 Å². The van der Waals surface area contributed by atoms with Crippen LogP contribution >= 0.6 is 0 Å². The van der Waals surface area contributed by atoms with Gasteiger partial charge in [0.15, 0.2) is 0 Å². The number of esters is 1. The van der Waals surface area contributed by atoms with Crippen LogP contribution in [0.5, 0.6) is 0 Å². The Kier molecular flexibility index (Phi) is 16.4. The van der Waals surface area contributed by atoms with E-state index in [0.717, 1.165) is 6.08 Å². The lowest BCUT2D eigenvalue weighted by Gasteiger charge is -2.44. The van der Waals surface area contributed by atoms with Gasteiger partial charge in [-0.2, -0.15) is 0 Å². The second-order valence-corrected chi connectivity index (χ2v) is 50.1. The van der Waals surface area contributed by atoms with Crippen LogP contribution in [-0.2, 0) is 46.6 Å². The molecule has 3 N–H and O–H groups in total. The molecule has 14 nitrogen and oxygen atoms in total. The summed E-state index contributed by atoms with van der Waals surface area (Å²) in [5, 5.41) is 0. The van der Waals surface area contributed by atoms with E-state index in [2.05, 4.69) is 6.58 Å². The molecule has 0 fully saturated rings. The van der Waals surface area contributed by atoms with Crippen molar-refractivity contribution in [2.75, 3.05) is 6.23 Å². The number of carbonyl (C=O) groups excluding carboxylic acids is 1. The maximum atomic E-state index is 11.6. The minimum Gasteiger partial charge on any atom is -0.463 e. The number of hydrogen-bond acceptors (Lipinski definition) is 14. The Morgan fingerprint density at radius 1 is 0.478 bits per heavy atom. The highest BCUT2D eigenvalue weighted by atomic mass is 28.5. The van der Waals surface area contributed by atoms with Crippen molar-refractivity contribution in [2.45, 2.75) is 118 Å². The van der Waals surface area contributed by atoms with Gasteiger partial charge in [0.25, 0.3) is 0 Å². The molecular formula is C22H62O14Si10. The van der Waals surface area contributed by atoms with Crippen molar-refractivity contribution in [1.29, 1.82) is 0 Å². The van der Waals surface area contributed by atoms with E-state index in [9.17, 15) is 19.2 Å². The molecule has 0 amide bonds. The first-order valence-corrected chi connectivity index (χ1v) is 42.5. The van der Waals surface area contributed by atoms with E-state index in [1.807, 2.05) is 78.6 Å². The highest BCUT2D eigenvalue weighted by Gasteiger charge is 2.56. The van der Waals surface area contributed by atoms with Gasteiger partial charge in [0.05, 0.1) is 0 Å². The molecule has 0 aromatic carbocycles. The summed E-state index contributed by atoms with van der Waals surface area (Å²) in [4.78, 5) is 43.5. The fourth-order valence-corrected chi connectivity index (χ4v) is 47.2. The third-order valence-corrected chi connectivity index (χ3v) is 38.6. The number of carbonyl (C=O) groups is 1. The molecule has 0 aromatic heterocycles. The van der Waals surface area contributed by atoms with Crippen molar-refractivity contribution >= 4 is 91.8 Å². The van der Waals surface area contributed by atoms with Gasteiger partial charge in [0.1, 0.15) is 6.23 Å². The van der Waals surface area contributed by atoms with Crippen LogP contribution in [0.25, 0.3) is 0 Å². The highest BCUT2D eigenvalue weighted by molar-refractivity contribution is 6.92. The summed E-state index contributed by atoms with van der Waals surface area (Å²) in [6.07, 6.45) is 1.32. The maximum absolute atomic E-state index is 11.6. The van der Waals surface area contributed by atoms with E-state index in [1.54, 1.807) is 13.1 Å². The number of hydrogen-bond donors (Lipinski definition) is 3. The topological polar surface area (TPSA) is 170 Å². The highest BCUT2D eigenvalue weighted by Crippen LogP contribution is 2.30. The van der Waals surface area contributed by atoms with Gasteiger partial charge in [0, 0.05) is 6.08 Å². The van der Waals surface area contributed by atoms with Crippen LogP contribution in [0.3, 0.4) is 0 Å². The fraction of sp³-hybridized carbons (Fsp3) is 0.864. The molecule has 24 heteroatoms. The normalized spacial score (nSPS) is 15.2. The number of ether oxygens (including phenoxy) is 1. The molecule has 0 rings (SSSR count). The lowest BCUT2D eigenvalue weighted by molar-refractivity contribution is -0.136. The predicted octanol–water partition coefficient (Wildman–Crippen LogP) is 4.64. The largest absolute Gasteiger partial charge is 0.649 e. The SMILES string of the molecule is C=CC(=O)OC[Si](C)(C)O[Si](C)(C)O[Si](C)(C)O[Si](C)(C)O[Si](C)(C)O[Si](C)(C)O[Si](C)(C)O[Si](O)(O[Si](C)(C)O)O[Si](C)(C)O. The first-order chi connectivity index (χ1) is 19.8. The molecule has 0 saturated heterocycles. The number of rotatable bonds is 21. The van der Waals surface area contributed by atoms with Gasteiger partial charge >= 0.3 is 83.5 Å². The predicted molar refractivity (Wildman–Crippen MR) is 201 cm³/mol. The third kappa shape index (κ3) is 21.9. The summed E-state index contributed by atoms with van der Waals surface area (Å²) in [5.41, 5.74) is 0. The average Bonchev–Trinajstić information content (AvgIpc) is 2.61. The third-order valence-electron chi connectivity index (χ3n) is 4.84. The monoisotopic (exact) mass is 830 g/mol. The van der Waals surface area contributed by atoms with Crippen LogP contribution in [0.4, 0.5) is 0 Å². The summed E-state index contributed by atoms with van der Waals surface area (Å²) < 4.78 is 61.6. The van der Waals surface area contributed by atoms with E-state index >= 15 is 0 Å². The summed E-state index contributed by atoms with van der Waals surface area (Å²) in [7, 11) is -30.8. The molecule has 0 spiro atoms. The Morgan fingerprint density at radius 2 is 0.739 bits per heavy atom. The fourth-order valence-electron chi connectivity index (χ4n) is 5.09. The van der Waals surface area contributed by atoms with Crippen molar-refractivity contribution in [2.24, 2.45) is 0 Å². The summed E-state index contributed by atoms with van der Waals surface area (Å²) in [6, 6.07) is 0. The average molecular weight is 832 g/mol. The van der Waals surface area contributed by atoms with Gasteiger partial charge in [-0.3, -0.25) is 0 Å². The zero-order valence-corrected chi connectivity index (χ0v) is 41.3. The molecule has 0 unspecified atom stereocenters. The summed E-state index contributed by atoms with van der Waals surface area (Å²) in [5.74, 6) is -0.484. The molecule has 0 radical (unpaired) electrons. The zero-order valence-electron chi connectivity index (χ0n) is 31.3. The van der Waals surface area contributed by atoms with Gasteiger partial charge < -0.3 is 56.2 Å². The molecular weight excluding hydrogens is 769 g/mol. The van der Waals surface area contributed by atoms with Crippen LogP contribution < -0.4 is 0 Å². The van der Waals surface area contributed by atoms with E-state index in [0.29, 0.717) is 0 Å². The Balaban J connectivity index is 5.63. The first kappa shape index (κ1) is 46.9. The minimum absolute atomic E-state index is 0.192. The minimum atomic E-state index is -4.47. The molecule has 0 heterocycles. The van der Waals surface area contributed by atoms with Crippen molar-refractivity contribution < 1.29 is 61.0 Å². The zero-order chi connectivity index (χ0) is 37.1. The van der Waals surface area contributed by atoms with Crippen LogP contribution in [0.15, 0.2) is 12.7 Å². The Labute approximate surface area is 288 Å². The van der Waals surface area contributed by atoms with Gasteiger partial charge in [-0.1, -0.05) is 6.58 Å². The molecule has 0 bridgehead atoms. The van der Waals surface area contributed by atoms with Crippen molar-refractivity contribution in [3.63, 3.8) is 0 Å². The smallest absolute Gasteiger partial charge is 0.463 e. The van der Waals surface area contributed by atoms with Crippen LogP contribution in [0.2, 0.25) is 118 Å². The molecule has 0 aliphatic carbocycles.